The van der Waals surface area contributed by atoms with E-state index in [0.717, 1.165) is 23.0 Å². The van der Waals surface area contributed by atoms with Gasteiger partial charge in [0.25, 0.3) is 0 Å². The maximum Gasteiger partial charge on any atom is 0.151 e. The highest BCUT2D eigenvalue weighted by Gasteiger charge is 2.07. The SMILES string of the molecule is CCC(C)CN(C)c1ccc(C=O)c(Br)c1. The Balaban J connectivity index is 2.80. The molecule has 1 rings (SSSR count). The van der Waals surface area contributed by atoms with E-state index in [1.165, 1.54) is 6.42 Å². The van der Waals surface area contributed by atoms with Crippen LogP contribution in [0.15, 0.2) is 22.7 Å². The molecule has 16 heavy (non-hydrogen) atoms. The van der Waals surface area contributed by atoms with Crippen LogP contribution >= 0.6 is 15.9 Å². The van der Waals surface area contributed by atoms with Gasteiger partial charge in [-0.3, -0.25) is 4.79 Å². The molecule has 0 spiro atoms. The van der Waals surface area contributed by atoms with Crippen molar-refractivity contribution in [1.29, 1.82) is 0 Å². The molecule has 88 valence electrons. The van der Waals surface area contributed by atoms with Gasteiger partial charge in [-0.1, -0.05) is 20.3 Å². The molecular weight excluding hydrogens is 266 g/mol. The fourth-order valence-corrected chi connectivity index (χ4v) is 2.01. The number of rotatable bonds is 5. The molecule has 0 fully saturated rings. The molecule has 1 atom stereocenters. The predicted octanol–water partition coefficient (Wildman–Crippen LogP) is 3.74. The lowest BCUT2D eigenvalue weighted by Crippen LogP contribution is -2.23. The molecule has 0 N–H and O–H groups in total. The predicted molar refractivity (Wildman–Crippen MR) is 72.3 cm³/mol. The summed E-state index contributed by atoms with van der Waals surface area (Å²) in [4.78, 5) is 12.9. The number of nitrogens with zero attached hydrogens (tertiary/aromatic N) is 1. The van der Waals surface area contributed by atoms with E-state index in [0.29, 0.717) is 11.5 Å². The Morgan fingerprint density at radius 2 is 2.19 bits per heavy atom. The number of halogens is 1. The number of hydrogen-bond donors (Lipinski definition) is 0. The van der Waals surface area contributed by atoms with Gasteiger partial charge in [0.05, 0.1) is 0 Å². The first kappa shape index (κ1) is 13.2. The first-order valence-corrected chi connectivity index (χ1v) is 6.33. The van der Waals surface area contributed by atoms with Crippen LogP contribution in [0.3, 0.4) is 0 Å². The van der Waals surface area contributed by atoms with E-state index in [4.69, 9.17) is 0 Å². The molecule has 1 unspecified atom stereocenters. The van der Waals surface area contributed by atoms with Crippen molar-refractivity contribution >= 4 is 27.9 Å². The Morgan fingerprint density at radius 3 is 2.69 bits per heavy atom. The van der Waals surface area contributed by atoms with Crippen LogP contribution < -0.4 is 4.90 Å². The maximum atomic E-state index is 10.7. The topological polar surface area (TPSA) is 20.3 Å². The summed E-state index contributed by atoms with van der Waals surface area (Å²) in [5.41, 5.74) is 1.83. The van der Waals surface area contributed by atoms with Gasteiger partial charge in [0, 0.05) is 29.3 Å². The van der Waals surface area contributed by atoms with Crippen LogP contribution in [0.25, 0.3) is 0 Å². The first-order chi connectivity index (χ1) is 7.58. The van der Waals surface area contributed by atoms with Gasteiger partial charge < -0.3 is 4.90 Å². The van der Waals surface area contributed by atoms with Crippen molar-refractivity contribution in [3.05, 3.63) is 28.2 Å². The van der Waals surface area contributed by atoms with Crippen molar-refractivity contribution in [2.45, 2.75) is 20.3 Å². The van der Waals surface area contributed by atoms with Gasteiger partial charge in [-0.05, 0) is 40.0 Å². The monoisotopic (exact) mass is 283 g/mol. The zero-order valence-electron chi connectivity index (χ0n) is 10.0. The minimum absolute atomic E-state index is 0.675. The molecule has 0 aliphatic heterocycles. The molecule has 2 nitrogen and oxygen atoms in total. The van der Waals surface area contributed by atoms with Crippen molar-refractivity contribution < 1.29 is 4.79 Å². The average molecular weight is 284 g/mol. The average Bonchev–Trinajstić information content (AvgIpc) is 2.28. The molecular formula is C13H18BrNO. The fraction of sp³-hybridized carbons (Fsp3) is 0.462. The molecule has 0 heterocycles. The summed E-state index contributed by atoms with van der Waals surface area (Å²) in [7, 11) is 2.08. The lowest BCUT2D eigenvalue weighted by molar-refractivity contribution is 0.112. The van der Waals surface area contributed by atoms with Gasteiger partial charge in [-0.15, -0.1) is 0 Å². The summed E-state index contributed by atoms with van der Waals surface area (Å²) >= 11 is 3.40. The Kier molecular flexibility index (Phi) is 5.00. The number of aldehydes is 1. The van der Waals surface area contributed by atoms with E-state index in [1.807, 2.05) is 18.2 Å². The standard InChI is InChI=1S/C13H18BrNO/c1-4-10(2)8-15(3)12-6-5-11(9-16)13(14)7-12/h5-7,9-10H,4,8H2,1-3H3. The zero-order valence-corrected chi connectivity index (χ0v) is 11.6. The quantitative estimate of drug-likeness (QED) is 0.768. The third-order valence-corrected chi connectivity index (χ3v) is 3.52. The molecule has 0 bridgehead atoms. The van der Waals surface area contributed by atoms with Crippen molar-refractivity contribution in [3.63, 3.8) is 0 Å². The lowest BCUT2D eigenvalue weighted by atomic mass is 10.1. The minimum Gasteiger partial charge on any atom is -0.374 e. The largest absolute Gasteiger partial charge is 0.374 e. The minimum atomic E-state index is 0.675. The third kappa shape index (κ3) is 3.34. The van der Waals surface area contributed by atoms with Crippen LogP contribution in [0, 0.1) is 5.92 Å². The van der Waals surface area contributed by atoms with Crippen molar-refractivity contribution in [1.82, 2.24) is 0 Å². The van der Waals surface area contributed by atoms with E-state index in [2.05, 4.69) is 41.7 Å². The summed E-state index contributed by atoms with van der Waals surface area (Å²) in [6, 6.07) is 5.82. The van der Waals surface area contributed by atoms with E-state index >= 15 is 0 Å². The molecule has 0 aliphatic rings. The number of carbonyl (C=O) groups excluding carboxylic acids is 1. The molecule has 1 aromatic carbocycles. The third-order valence-electron chi connectivity index (χ3n) is 2.83. The number of anilines is 1. The van der Waals surface area contributed by atoms with Crippen LogP contribution in [-0.4, -0.2) is 19.9 Å². The summed E-state index contributed by atoms with van der Waals surface area (Å²) < 4.78 is 0.857. The number of carbonyl (C=O) groups is 1. The number of hydrogen-bond acceptors (Lipinski definition) is 2. The fourth-order valence-electron chi connectivity index (χ4n) is 1.55. The van der Waals surface area contributed by atoms with Crippen molar-refractivity contribution in [3.8, 4) is 0 Å². The summed E-state index contributed by atoms with van der Waals surface area (Å²) in [6.45, 7) is 5.47. The summed E-state index contributed by atoms with van der Waals surface area (Å²) in [5.74, 6) is 0.675. The van der Waals surface area contributed by atoms with Crippen LogP contribution in [0.2, 0.25) is 0 Å². The smallest absolute Gasteiger partial charge is 0.151 e. The molecule has 0 aromatic heterocycles. The molecule has 1 aromatic rings. The highest BCUT2D eigenvalue weighted by Crippen LogP contribution is 2.23. The Labute approximate surface area is 106 Å². The van der Waals surface area contributed by atoms with Crippen LogP contribution in [0.5, 0.6) is 0 Å². The zero-order chi connectivity index (χ0) is 12.1. The second-order valence-corrected chi connectivity index (χ2v) is 5.07. The Hall–Kier alpha value is -0.830. The molecule has 0 radical (unpaired) electrons. The molecule has 0 saturated carbocycles. The van der Waals surface area contributed by atoms with Crippen molar-refractivity contribution in [2.24, 2.45) is 5.92 Å². The van der Waals surface area contributed by atoms with E-state index in [9.17, 15) is 4.79 Å². The van der Waals surface area contributed by atoms with Gasteiger partial charge in [-0.25, -0.2) is 0 Å². The van der Waals surface area contributed by atoms with Gasteiger partial charge >= 0.3 is 0 Å². The number of benzene rings is 1. The summed E-state index contributed by atoms with van der Waals surface area (Å²) in [5, 5.41) is 0. The Bertz CT molecular complexity index is 365. The van der Waals surface area contributed by atoms with Crippen LogP contribution in [-0.2, 0) is 0 Å². The highest BCUT2D eigenvalue weighted by molar-refractivity contribution is 9.10. The second-order valence-electron chi connectivity index (χ2n) is 4.22. The summed E-state index contributed by atoms with van der Waals surface area (Å²) in [6.07, 6.45) is 2.04. The molecule has 3 heteroatoms. The molecule has 0 aliphatic carbocycles. The lowest BCUT2D eigenvalue weighted by Gasteiger charge is -2.23. The maximum absolute atomic E-state index is 10.7. The van der Waals surface area contributed by atoms with Gasteiger partial charge in [0.15, 0.2) is 6.29 Å². The molecule has 0 amide bonds. The van der Waals surface area contributed by atoms with Crippen LogP contribution in [0.1, 0.15) is 30.6 Å². The first-order valence-electron chi connectivity index (χ1n) is 5.54. The van der Waals surface area contributed by atoms with E-state index in [1.54, 1.807) is 0 Å². The molecule has 0 saturated heterocycles. The normalized spacial score (nSPS) is 12.2. The second kappa shape index (κ2) is 6.04. The van der Waals surface area contributed by atoms with E-state index < -0.39 is 0 Å². The highest BCUT2D eigenvalue weighted by atomic mass is 79.9. The van der Waals surface area contributed by atoms with Gasteiger partial charge in [0.1, 0.15) is 0 Å². The van der Waals surface area contributed by atoms with Gasteiger partial charge in [0.2, 0.25) is 0 Å². The van der Waals surface area contributed by atoms with Gasteiger partial charge in [-0.2, -0.15) is 0 Å². The van der Waals surface area contributed by atoms with Crippen molar-refractivity contribution in [2.75, 3.05) is 18.5 Å². The van der Waals surface area contributed by atoms with Crippen LogP contribution in [0.4, 0.5) is 5.69 Å². The van der Waals surface area contributed by atoms with E-state index in [-0.39, 0.29) is 0 Å². The Morgan fingerprint density at radius 1 is 1.50 bits per heavy atom.